The molecule has 1 aromatic heterocycles. The highest BCUT2D eigenvalue weighted by molar-refractivity contribution is 6.30. The lowest BCUT2D eigenvalue weighted by molar-refractivity contribution is -0.764. The molecule has 5 nitrogen and oxygen atoms in total. The Labute approximate surface area is 114 Å². The van der Waals surface area contributed by atoms with E-state index in [9.17, 15) is 10.0 Å². The largest absolute Gasteiger partial charge is 0.599 e. The zero-order valence-electron chi connectivity index (χ0n) is 9.79. The summed E-state index contributed by atoms with van der Waals surface area (Å²) in [7, 11) is 0. The number of rotatable bonds is 3. The van der Waals surface area contributed by atoms with E-state index in [1.807, 2.05) is 0 Å². The van der Waals surface area contributed by atoms with Gasteiger partial charge in [0.25, 0.3) is 0 Å². The van der Waals surface area contributed by atoms with Crippen LogP contribution in [0.1, 0.15) is 15.9 Å². The number of hydrogen-bond donors (Lipinski definition) is 1. The second-order valence-electron chi connectivity index (χ2n) is 3.68. The van der Waals surface area contributed by atoms with Crippen molar-refractivity contribution in [2.75, 3.05) is 0 Å². The van der Waals surface area contributed by atoms with Crippen LogP contribution in [0.4, 0.5) is 0 Å². The van der Waals surface area contributed by atoms with Crippen molar-refractivity contribution in [2.24, 2.45) is 5.10 Å². The van der Waals surface area contributed by atoms with Gasteiger partial charge in [0.05, 0.1) is 11.8 Å². The second kappa shape index (κ2) is 6.19. The van der Waals surface area contributed by atoms with Crippen LogP contribution in [0.2, 0.25) is 5.02 Å². The fraction of sp³-hybridized carbons (Fsp3) is 0. The molecule has 0 aliphatic rings. The fourth-order valence-corrected chi connectivity index (χ4v) is 1.49. The standard InChI is InChI=1S/C13H10ClN3O2/c14-12-3-1-11(2-4-12)13(18)17(19)16-9-10-5-7-15-8-6-10/h1-9,17H. The van der Waals surface area contributed by atoms with Gasteiger partial charge in [-0.25, -0.2) is 4.79 Å². The lowest BCUT2D eigenvalue weighted by Crippen LogP contribution is -3.05. The summed E-state index contributed by atoms with van der Waals surface area (Å²) in [5, 5.41) is 14.9. The summed E-state index contributed by atoms with van der Waals surface area (Å²) in [6.07, 6.45) is 4.48. The van der Waals surface area contributed by atoms with Crippen LogP contribution < -0.4 is 5.17 Å². The number of aromatic nitrogens is 1. The van der Waals surface area contributed by atoms with Crippen LogP contribution >= 0.6 is 11.6 Å². The molecule has 1 N–H and O–H groups in total. The van der Waals surface area contributed by atoms with E-state index in [1.165, 1.54) is 18.3 Å². The van der Waals surface area contributed by atoms with Crippen molar-refractivity contribution in [1.29, 1.82) is 0 Å². The topological polar surface area (TPSA) is 69.8 Å². The highest BCUT2D eigenvalue weighted by Crippen LogP contribution is 2.08. The second-order valence-corrected chi connectivity index (χ2v) is 4.12. The average Bonchev–Trinajstić information content (AvgIpc) is 2.46. The van der Waals surface area contributed by atoms with E-state index < -0.39 is 11.1 Å². The summed E-state index contributed by atoms with van der Waals surface area (Å²) in [6.45, 7) is 0. The molecular formula is C13H10ClN3O2. The number of nitrogens with zero attached hydrogens (tertiary/aromatic N) is 2. The SMILES string of the molecule is O=C(c1ccc(Cl)cc1)[NH+]([O-])N=Cc1ccncc1. The maximum absolute atomic E-state index is 11.8. The van der Waals surface area contributed by atoms with Crippen molar-refractivity contribution in [3.05, 3.63) is 70.1 Å². The van der Waals surface area contributed by atoms with E-state index >= 15 is 0 Å². The molecule has 0 saturated carbocycles. The molecule has 0 saturated heterocycles. The normalized spacial score (nSPS) is 12.5. The third-order valence-electron chi connectivity index (χ3n) is 2.34. The Morgan fingerprint density at radius 1 is 1.21 bits per heavy atom. The van der Waals surface area contributed by atoms with Gasteiger partial charge in [-0.3, -0.25) is 4.98 Å². The number of hydrogen-bond acceptors (Lipinski definition) is 4. The van der Waals surface area contributed by atoms with Gasteiger partial charge in [-0.2, -0.15) is 5.17 Å². The average molecular weight is 276 g/mol. The van der Waals surface area contributed by atoms with Gasteiger partial charge in [-0.1, -0.05) is 16.7 Å². The first-order valence-corrected chi connectivity index (χ1v) is 5.83. The number of halogens is 1. The van der Waals surface area contributed by atoms with Gasteiger partial charge in [0, 0.05) is 23.0 Å². The van der Waals surface area contributed by atoms with Gasteiger partial charge in [0.15, 0.2) is 0 Å². The number of carbonyl (C=O) groups excluding carboxylic acids is 1. The molecule has 0 bridgehead atoms. The summed E-state index contributed by atoms with van der Waals surface area (Å²) >= 11 is 5.71. The summed E-state index contributed by atoms with van der Waals surface area (Å²) in [4.78, 5) is 15.6. The molecule has 19 heavy (non-hydrogen) atoms. The van der Waals surface area contributed by atoms with Gasteiger partial charge < -0.3 is 5.21 Å². The molecule has 0 fully saturated rings. The first-order valence-electron chi connectivity index (χ1n) is 5.45. The molecule has 1 amide bonds. The quantitative estimate of drug-likeness (QED) is 0.678. The van der Waals surface area contributed by atoms with Crippen LogP contribution in [-0.2, 0) is 0 Å². The molecule has 1 heterocycles. The van der Waals surface area contributed by atoms with Crippen LogP contribution in [0.25, 0.3) is 0 Å². The Hall–Kier alpha value is -2.08. The molecule has 6 heteroatoms. The van der Waals surface area contributed by atoms with Crippen LogP contribution in [0.5, 0.6) is 0 Å². The van der Waals surface area contributed by atoms with E-state index in [0.717, 1.165) is 0 Å². The van der Waals surface area contributed by atoms with Crippen LogP contribution in [0, 0.1) is 5.21 Å². The number of quaternary nitrogens is 1. The van der Waals surface area contributed by atoms with Crippen molar-refractivity contribution in [3.8, 4) is 0 Å². The van der Waals surface area contributed by atoms with Gasteiger partial charge >= 0.3 is 5.91 Å². The minimum Gasteiger partial charge on any atom is -0.599 e. The Balaban J connectivity index is 2.07. The smallest absolute Gasteiger partial charge is 0.370 e. The van der Waals surface area contributed by atoms with Crippen molar-refractivity contribution in [2.45, 2.75) is 0 Å². The summed E-state index contributed by atoms with van der Waals surface area (Å²) in [5.74, 6) is -0.665. The van der Waals surface area contributed by atoms with Crippen LogP contribution in [0.3, 0.4) is 0 Å². The maximum Gasteiger partial charge on any atom is 0.370 e. The molecule has 0 aliphatic carbocycles. The summed E-state index contributed by atoms with van der Waals surface area (Å²) < 4.78 is 0. The van der Waals surface area contributed by atoms with Gasteiger partial charge in [0.1, 0.15) is 0 Å². The molecule has 1 unspecified atom stereocenters. The number of hydroxylamine groups is 1. The molecule has 0 aliphatic heterocycles. The van der Waals surface area contributed by atoms with Gasteiger partial charge in [-0.05, 0) is 36.4 Å². The third-order valence-corrected chi connectivity index (χ3v) is 2.59. The molecule has 0 spiro atoms. The Bertz CT molecular complexity index is 585. The summed E-state index contributed by atoms with van der Waals surface area (Å²) in [5.41, 5.74) is 0.966. The maximum atomic E-state index is 11.8. The lowest BCUT2D eigenvalue weighted by Gasteiger charge is -2.11. The highest BCUT2D eigenvalue weighted by atomic mass is 35.5. The zero-order valence-corrected chi connectivity index (χ0v) is 10.5. The van der Waals surface area contributed by atoms with E-state index in [-0.39, 0.29) is 5.56 Å². The number of benzene rings is 1. The molecule has 1 aromatic carbocycles. The predicted molar refractivity (Wildman–Crippen MR) is 71.9 cm³/mol. The van der Waals surface area contributed by atoms with Crippen molar-refractivity contribution >= 4 is 23.7 Å². The number of nitrogens with one attached hydrogen (secondary N) is 1. The monoisotopic (exact) mass is 275 g/mol. The minimum atomic E-state index is -0.820. The molecule has 2 rings (SSSR count). The number of amides is 1. The van der Waals surface area contributed by atoms with E-state index in [4.69, 9.17) is 11.6 Å². The van der Waals surface area contributed by atoms with E-state index in [0.29, 0.717) is 10.6 Å². The Morgan fingerprint density at radius 3 is 2.47 bits per heavy atom. The first kappa shape index (κ1) is 13.4. The van der Waals surface area contributed by atoms with Crippen LogP contribution in [-0.4, -0.2) is 17.1 Å². The molecule has 2 aromatic rings. The molecular weight excluding hydrogens is 266 g/mol. The predicted octanol–water partition coefficient (Wildman–Crippen LogP) is 1.29. The number of carbonyl (C=O) groups is 1. The zero-order chi connectivity index (χ0) is 13.7. The Morgan fingerprint density at radius 2 is 1.84 bits per heavy atom. The van der Waals surface area contributed by atoms with Gasteiger partial charge in [0.2, 0.25) is 0 Å². The molecule has 1 atom stereocenters. The van der Waals surface area contributed by atoms with Crippen molar-refractivity contribution in [3.63, 3.8) is 0 Å². The highest BCUT2D eigenvalue weighted by Gasteiger charge is 2.13. The Kier molecular flexibility index (Phi) is 4.35. The molecule has 96 valence electrons. The molecule has 0 radical (unpaired) electrons. The first-order chi connectivity index (χ1) is 9.16. The van der Waals surface area contributed by atoms with E-state index in [2.05, 4.69) is 10.1 Å². The summed E-state index contributed by atoms with van der Waals surface area (Å²) in [6, 6.07) is 9.45. The lowest BCUT2D eigenvalue weighted by atomic mass is 10.2. The number of pyridine rings is 1. The van der Waals surface area contributed by atoms with Gasteiger partial charge in [-0.15, -0.1) is 0 Å². The van der Waals surface area contributed by atoms with Crippen molar-refractivity contribution < 1.29 is 9.97 Å². The fourth-order valence-electron chi connectivity index (χ4n) is 1.37. The third kappa shape index (κ3) is 3.69. The van der Waals surface area contributed by atoms with Crippen molar-refractivity contribution in [1.82, 2.24) is 4.98 Å². The van der Waals surface area contributed by atoms with E-state index in [1.54, 1.807) is 36.7 Å². The van der Waals surface area contributed by atoms with Crippen LogP contribution in [0.15, 0.2) is 53.9 Å². The minimum absolute atomic E-state index is 0.265.